The first kappa shape index (κ1) is 24.5. The van der Waals surface area contributed by atoms with Gasteiger partial charge in [-0.25, -0.2) is 9.59 Å². The molecule has 184 valence electrons. The number of nitrogens with one attached hydrogen (secondary N) is 1. The Morgan fingerprint density at radius 1 is 1.20 bits per heavy atom. The van der Waals surface area contributed by atoms with E-state index < -0.39 is 23.3 Å². The molecule has 3 aromatic rings. The van der Waals surface area contributed by atoms with Crippen LogP contribution in [0.15, 0.2) is 54.6 Å². The van der Waals surface area contributed by atoms with Crippen LogP contribution in [0.3, 0.4) is 0 Å². The Bertz CT molecular complexity index is 1210. The van der Waals surface area contributed by atoms with Gasteiger partial charge in [0.25, 0.3) is 0 Å². The molecular formula is C27H31N3O5. The molecule has 1 aromatic heterocycles. The standard InChI is InChI=1S/C27H31N3O5/c1-17-22(28-29-23(17)24(31)32)20-12-10-19(11-13-20)18(2)30-15-14-27(35-25(30)33,16-26(3,4)34)21-8-6-5-7-9-21/h5-13,18,34H,14-16H2,1-4H3,(H,28,29)(H,31,32)/t18-,27-/m0/s1. The molecule has 3 N–H and O–H groups in total. The number of aromatic amines is 1. The van der Waals surface area contributed by atoms with E-state index >= 15 is 0 Å². The fourth-order valence-electron chi connectivity index (χ4n) is 4.88. The maximum absolute atomic E-state index is 13.2. The van der Waals surface area contributed by atoms with Crippen LogP contribution >= 0.6 is 0 Å². The minimum atomic E-state index is -1.05. The smallest absolute Gasteiger partial charge is 0.411 e. The molecule has 0 bridgehead atoms. The summed E-state index contributed by atoms with van der Waals surface area (Å²) in [5, 5.41) is 26.5. The Balaban J connectivity index is 1.54. The van der Waals surface area contributed by atoms with Crippen LogP contribution in [0, 0.1) is 6.92 Å². The van der Waals surface area contributed by atoms with Gasteiger partial charge in [0.2, 0.25) is 0 Å². The first-order chi connectivity index (χ1) is 16.5. The molecule has 2 atom stereocenters. The van der Waals surface area contributed by atoms with E-state index in [0.29, 0.717) is 30.6 Å². The molecule has 0 radical (unpaired) electrons. The number of H-pyrrole nitrogens is 1. The number of carboxylic acid groups (broad SMARTS) is 1. The number of nitrogens with zero attached hydrogens (tertiary/aromatic N) is 2. The monoisotopic (exact) mass is 477 g/mol. The third-order valence-electron chi connectivity index (χ3n) is 6.65. The number of rotatable bonds is 7. The van der Waals surface area contributed by atoms with Gasteiger partial charge in [-0.05, 0) is 38.8 Å². The van der Waals surface area contributed by atoms with Gasteiger partial charge in [-0.3, -0.25) is 5.10 Å². The summed E-state index contributed by atoms with van der Waals surface area (Å²) >= 11 is 0. The second-order valence-electron chi connectivity index (χ2n) is 9.84. The van der Waals surface area contributed by atoms with Gasteiger partial charge < -0.3 is 19.8 Å². The molecule has 1 aliphatic rings. The summed E-state index contributed by atoms with van der Waals surface area (Å²) < 4.78 is 6.08. The normalized spacial score (nSPS) is 19.3. The van der Waals surface area contributed by atoms with Crippen LogP contribution in [0.1, 0.15) is 66.8 Å². The van der Waals surface area contributed by atoms with Crippen molar-refractivity contribution in [3.63, 3.8) is 0 Å². The third-order valence-corrected chi connectivity index (χ3v) is 6.65. The molecule has 0 saturated carbocycles. The van der Waals surface area contributed by atoms with Crippen molar-refractivity contribution >= 4 is 12.1 Å². The molecule has 1 fully saturated rings. The zero-order valence-electron chi connectivity index (χ0n) is 20.4. The molecule has 0 spiro atoms. The highest BCUT2D eigenvalue weighted by Gasteiger charge is 2.46. The largest absolute Gasteiger partial charge is 0.477 e. The number of ether oxygens (including phenoxy) is 1. The first-order valence-corrected chi connectivity index (χ1v) is 11.7. The predicted octanol–water partition coefficient (Wildman–Crippen LogP) is 5.04. The summed E-state index contributed by atoms with van der Waals surface area (Å²) in [6.07, 6.45) is 0.434. The second kappa shape index (κ2) is 9.19. The van der Waals surface area contributed by atoms with E-state index in [4.69, 9.17) is 4.74 Å². The van der Waals surface area contributed by atoms with E-state index in [1.165, 1.54) is 0 Å². The number of carbonyl (C=O) groups is 2. The summed E-state index contributed by atoms with van der Waals surface area (Å²) in [4.78, 5) is 26.2. The molecule has 2 aromatic carbocycles. The van der Waals surface area contributed by atoms with Crippen LogP contribution in [0.5, 0.6) is 0 Å². The molecule has 1 saturated heterocycles. The minimum Gasteiger partial charge on any atom is -0.477 e. The highest BCUT2D eigenvalue weighted by Crippen LogP contribution is 2.42. The molecule has 0 unspecified atom stereocenters. The van der Waals surface area contributed by atoms with E-state index in [9.17, 15) is 19.8 Å². The van der Waals surface area contributed by atoms with Crippen LogP contribution in [0.4, 0.5) is 4.79 Å². The summed E-state index contributed by atoms with van der Waals surface area (Å²) in [5.41, 5.74) is 1.91. The number of cyclic esters (lactones) is 1. The molecule has 8 heteroatoms. The van der Waals surface area contributed by atoms with Crippen LogP contribution in [0.25, 0.3) is 11.3 Å². The number of aliphatic hydroxyl groups is 1. The lowest BCUT2D eigenvalue weighted by atomic mass is 9.80. The number of carbonyl (C=O) groups excluding carboxylic acids is 1. The maximum atomic E-state index is 13.2. The molecule has 4 rings (SSSR count). The van der Waals surface area contributed by atoms with E-state index in [0.717, 1.165) is 16.7 Å². The summed E-state index contributed by atoms with van der Waals surface area (Å²) in [5.74, 6) is -1.05. The van der Waals surface area contributed by atoms with Gasteiger partial charge in [-0.2, -0.15) is 5.10 Å². The lowest BCUT2D eigenvalue weighted by molar-refractivity contribution is -0.101. The minimum absolute atomic E-state index is 0.0708. The van der Waals surface area contributed by atoms with Gasteiger partial charge in [-0.1, -0.05) is 54.6 Å². The topological polar surface area (TPSA) is 116 Å². The Hall–Kier alpha value is -3.65. The van der Waals surface area contributed by atoms with Gasteiger partial charge in [0.05, 0.1) is 17.3 Å². The van der Waals surface area contributed by atoms with Crippen LogP contribution < -0.4 is 0 Å². The van der Waals surface area contributed by atoms with Crippen molar-refractivity contribution in [1.29, 1.82) is 0 Å². The average molecular weight is 478 g/mol. The van der Waals surface area contributed by atoms with Gasteiger partial charge in [0.1, 0.15) is 11.3 Å². The molecule has 8 nitrogen and oxygen atoms in total. The third kappa shape index (κ3) is 4.93. The Morgan fingerprint density at radius 3 is 2.40 bits per heavy atom. The number of benzene rings is 2. The predicted molar refractivity (Wildman–Crippen MR) is 131 cm³/mol. The number of amides is 1. The van der Waals surface area contributed by atoms with Crippen molar-refractivity contribution < 1.29 is 24.5 Å². The number of hydrogen-bond donors (Lipinski definition) is 3. The Kier molecular flexibility index (Phi) is 6.42. The van der Waals surface area contributed by atoms with Gasteiger partial charge in [0.15, 0.2) is 0 Å². The van der Waals surface area contributed by atoms with Crippen molar-refractivity contribution in [2.45, 2.75) is 57.8 Å². The molecular weight excluding hydrogens is 446 g/mol. The van der Waals surface area contributed by atoms with Gasteiger partial charge in [0, 0.05) is 30.5 Å². The average Bonchev–Trinajstić information content (AvgIpc) is 3.20. The molecule has 2 heterocycles. The van der Waals surface area contributed by atoms with Crippen LogP contribution in [-0.4, -0.2) is 49.5 Å². The van der Waals surface area contributed by atoms with Crippen molar-refractivity contribution in [2.24, 2.45) is 0 Å². The fraction of sp³-hybridized carbons (Fsp3) is 0.370. The lowest BCUT2D eigenvalue weighted by Crippen LogP contribution is -2.51. The summed E-state index contributed by atoms with van der Waals surface area (Å²) in [6, 6.07) is 16.9. The van der Waals surface area contributed by atoms with E-state index in [2.05, 4.69) is 10.2 Å². The zero-order valence-corrected chi connectivity index (χ0v) is 20.4. The first-order valence-electron chi connectivity index (χ1n) is 11.7. The molecule has 0 aliphatic carbocycles. The highest BCUT2D eigenvalue weighted by atomic mass is 16.6. The molecule has 1 amide bonds. The van der Waals surface area contributed by atoms with E-state index in [1.807, 2.05) is 61.5 Å². The quantitative estimate of drug-likeness (QED) is 0.439. The van der Waals surface area contributed by atoms with Gasteiger partial charge >= 0.3 is 12.1 Å². The number of aromatic nitrogens is 2. The Labute approximate surface area is 204 Å². The molecule has 35 heavy (non-hydrogen) atoms. The maximum Gasteiger partial charge on any atom is 0.411 e. The second-order valence-corrected chi connectivity index (χ2v) is 9.84. The number of aromatic carboxylic acids is 1. The molecule has 1 aliphatic heterocycles. The fourth-order valence-corrected chi connectivity index (χ4v) is 4.88. The number of carboxylic acids is 1. The van der Waals surface area contributed by atoms with Crippen LogP contribution in [0.2, 0.25) is 0 Å². The van der Waals surface area contributed by atoms with Crippen molar-refractivity contribution in [3.8, 4) is 11.3 Å². The Morgan fingerprint density at radius 2 is 1.86 bits per heavy atom. The van der Waals surface area contributed by atoms with E-state index in [-0.39, 0.29) is 11.7 Å². The zero-order chi connectivity index (χ0) is 25.4. The van der Waals surface area contributed by atoms with Gasteiger partial charge in [-0.15, -0.1) is 0 Å². The SMILES string of the molecule is Cc1c(-c2ccc([C@H](C)N3CC[C@](CC(C)(C)O)(c4ccccc4)OC3=O)cc2)n[nH]c1C(=O)O. The van der Waals surface area contributed by atoms with Crippen molar-refractivity contribution in [2.75, 3.05) is 6.54 Å². The van der Waals surface area contributed by atoms with Crippen LogP contribution in [-0.2, 0) is 10.3 Å². The summed E-state index contributed by atoms with van der Waals surface area (Å²) in [7, 11) is 0. The van der Waals surface area contributed by atoms with Crippen molar-refractivity contribution in [3.05, 3.63) is 77.0 Å². The highest BCUT2D eigenvalue weighted by molar-refractivity contribution is 5.89. The summed E-state index contributed by atoms with van der Waals surface area (Å²) in [6.45, 7) is 7.59. The lowest BCUT2D eigenvalue weighted by Gasteiger charge is -2.45. The number of hydrogen-bond acceptors (Lipinski definition) is 5. The van der Waals surface area contributed by atoms with E-state index in [1.54, 1.807) is 25.7 Å². The van der Waals surface area contributed by atoms with Crippen molar-refractivity contribution in [1.82, 2.24) is 15.1 Å².